The lowest BCUT2D eigenvalue weighted by Gasteiger charge is -2.36. The Morgan fingerprint density at radius 2 is 2.00 bits per heavy atom. The number of ether oxygens (including phenoxy) is 1. The van der Waals surface area contributed by atoms with Crippen molar-refractivity contribution in [2.24, 2.45) is 5.92 Å². The van der Waals surface area contributed by atoms with Gasteiger partial charge in [-0.15, -0.1) is 0 Å². The molecule has 3 aliphatic rings. The molecule has 0 aromatic carbocycles. The highest BCUT2D eigenvalue weighted by Gasteiger charge is 2.43. The van der Waals surface area contributed by atoms with E-state index in [9.17, 15) is 9.59 Å². The summed E-state index contributed by atoms with van der Waals surface area (Å²) in [5.41, 5.74) is -0.487. The minimum absolute atomic E-state index is 0.0504. The molecule has 0 spiro atoms. The van der Waals surface area contributed by atoms with E-state index in [1.807, 2.05) is 32.5 Å². The Bertz CT molecular complexity index is 463. The summed E-state index contributed by atoms with van der Waals surface area (Å²) in [6.45, 7) is 7.72. The van der Waals surface area contributed by atoms with Crippen molar-refractivity contribution in [2.75, 3.05) is 25.4 Å². The number of thioether (sulfide) groups is 1. The molecule has 22 heavy (non-hydrogen) atoms. The van der Waals surface area contributed by atoms with E-state index in [-0.39, 0.29) is 17.9 Å². The lowest BCUT2D eigenvalue weighted by atomic mass is 9.96. The molecule has 3 heterocycles. The summed E-state index contributed by atoms with van der Waals surface area (Å²) in [4.78, 5) is 28.8. The van der Waals surface area contributed by atoms with Gasteiger partial charge in [-0.05, 0) is 40.0 Å². The Morgan fingerprint density at radius 3 is 2.59 bits per heavy atom. The fraction of sp³-hybridized carbons (Fsp3) is 0.875. The van der Waals surface area contributed by atoms with Crippen LogP contribution in [0.3, 0.4) is 0 Å². The van der Waals surface area contributed by atoms with E-state index in [0.29, 0.717) is 24.4 Å². The Hall–Kier alpha value is -0.910. The average molecular weight is 326 g/mol. The molecule has 3 fully saturated rings. The second-order valence-corrected chi connectivity index (χ2v) is 8.93. The average Bonchev–Trinajstić information content (AvgIpc) is 3.07. The SMILES string of the molecule is CC(C)(C)OC(=O)N1CCCC(C(=O)N2CC3CC2CS3)C1. The Balaban J connectivity index is 1.58. The number of carbonyl (C=O) groups excluding carboxylic acids is 2. The summed E-state index contributed by atoms with van der Waals surface area (Å²) < 4.78 is 5.44. The maximum atomic E-state index is 12.8. The highest BCUT2D eigenvalue weighted by atomic mass is 32.2. The van der Waals surface area contributed by atoms with E-state index >= 15 is 0 Å². The number of hydrogen-bond acceptors (Lipinski definition) is 4. The van der Waals surface area contributed by atoms with Crippen LogP contribution < -0.4 is 0 Å². The van der Waals surface area contributed by atoms with Crippen LogP contribution in [0, 0.1) is 5.92 Å². The molecular weight excluding hydrogens is 300 g/mol. The molecule has 5 nitrogen and oxygen atoms in total. The molecule has 124 valence electrons. The minimum atomic E-state index is -0.487. The third-order valence-electron chi connectivity index (χ3n) is 4.61. The maximum absolute atomic E-state index is 12.8. The summed E-state index contributed by atoms with van der Waals surface area (Å²) >= 11 is 1.99. The van der Waals surface area contributed by atoms with Crippen LogP contribution in [-0.2, 0) is 9.53 Å². The number of carbonyl (C=O) groups is 2. The van der Waals surface area contributed by atoms with Crippen LogP contribution in [0.25, 0.3) is 0 Å². The van der Waals surface area contributed by atoms with Gasteiger partial charge in [0.2, 0.25) is 5.91 Å². The highest BCUT2D eigenvalue weighted by Crippen LogP contribution is 2.38. The van der Waals surface area contributed by atoms with Gasteiger partial charge >= 0.3 is 6.09 Å². The van der Waals surface area contributed by atoms with Gasteiger partial charge < -0.3 is 14.5 Å². The zero-order chi connectivity index (χ0) is 15.9. The number of fused-ring (bicyclic) bond motifs is 2. The van der Waals surface area contributed by atoms with Crippen LogP contribution in [0.5, 0.6) is 0 Å². The number of nitrogens with zero attached hydrogens (tertiary/aromatic N) is 2. The molecule has 3 unspecified atom stereocenters. The second-order valence-electron chi connectivity index (χ2n) is 7.60. The molecule has 3 saturated heterocycles. The maximum Gasteiger partial charge on any atom is 0.410 e. The third-order valence-corrected chi connectivity index (χ3v) is 6.00. The Morgan fingerprint density at radius 1 is 1.23 bits per heavy atom. The van der Waals surface area contributed by atoms with Crippen LogP contribution in [0.4, 0.5) is 4.79 Å². The van der Waals surface area contributed by atoms with Gasteiger partial charge in [-0.2, -0.15) is 11.8 Å². The van der Waals surface area contributed by atoms with Crippen LogP contribution in [-0.4, -0.2) is 64.1 Å². The Labute approximate surface area is 136 Å². The van der Waals surface area contributed by atoms with Crippen molar-refractivity contribution in [3.8, 4) is 0 Å². The van der Waals surface area contributed by atoms with Crippen molar-refractivity contribution in [1.29, 1.82) is 0 Å². The summed E-state index contributed by atoms with van der Waals surface area (Å²) in [6, 6.07) is 0.430. The van der Waals surface area contributed by atoms with Gasteiger partial charge in [0, 0.05) is 36.7 Å². The molecule has 2 amide bonds. The van der Waals surface area contributed by atoms with Gasteiger partial charge in [-0.25, -0.2) is 4.79 Å². The van der Waals surface area contributed by atoms with Crippen molar-refractivity contribution in [3.05, 3.63) is 0 Å². The van der Waals surface area contributed by atoms with Crippen LogP contribution in [0.1, 0.15) is 40.0 Å². The number of likely N-dealkylation sites (tertiary alicyclic amines) is 2. The molecular formula is C16H26N2O3S. The van der Waals surface area contributed by atoms with E-state index in [1.165, 1.54) is 0 Å². The Kier molecular flexibility index (Phi) is 4.32. The molecule has 0 aromatic heterocycles. The van der Waals surface area contributed by atoms with Gasteiger partial charge in [0.05, 0.1) is 5.92 Å². The fourth-order valence-electron chi connectivity index (χ4n) is 3.58. The van der Waals surface area contributed by atoms with Crippen LogP contribution >= 0.6 is 11.8 Å². The predicted molar refractivity (Wildman–Crippen MR) is 86.9 cm³/mol. The molecule has 3 rings (SSSR count). The first-order valence-electron chi connectivity index (χ1n) is 8.23. The van der Waals surface area contributed by atoms with E-state index in [4.69, 9.17) is 4.74 Å². The van der Waals surface area contributed by atoms with Crippen molar-refractivity contribution in [2.45, 2.75) is 56.9 Å². The molecule has 0 saturated carbocycles. The predicted octanol–water partition coefficient (Wildman–Crippen LogP) is 2.35. The standard InChI is InChI=1S/C16H26N2O3S/c1-16(2,3)21-15(20)17-6-4-5-11(8-17)14(19)18-9-13-7-12(18)10-22-13/h11-13H,4-10H2,1-3H3. The third kappa shape index (κ3) is 3.36. The van der Waals surface area contributed by atoms with Crippen LogP contribution in [0.2, 0.25) is 0 Å². The number of hydrogen-bond donors (Lipinski definition) is 0. The number of piperidine rings is 1. The number of rotatable bonds is 1. The first-order chi connectivity index (χ1) is 10.3. The van der Waals surface area contributed by atoms with E-state index < -0.39 is 5.60 Å². The molecule has 6 heteroatoms. The van der Waals surface area contributed by atoms with Crippen molar-refractivity contribution >= 4 is 23.8 Å². The van der Waals surface area contributed by atoms with Gasteiger partial charge in [0.25, 0.3) is 0 Å². The topological polar surface area (TPSA) is 49.9 Å². The van der Waals surface area contributed by atoms with Gasteiger partial charge in [-0.3, -0.25) is 4.79 Å². The van der Waals surface area contributed by atoms with Crippen molar-refractivity contribution in [1.82, 2.24) is 9.80 Å². The minimum Gasteiger partial charge on any atom is -0.444 e. The van der Waals surface area contributed by atoms with Gasteiger partial charge in [-0.1, -0.05) is 0 Å². The smallest absolute Gasteiger partial charge is 0.410 e. The fourth-order valence-corrected chi connectivity index (χ4v) is 5.01. The highest BCUT2D eigenvalue weighted by molar-refractivity contribution is 8.00. The largest absolute Gasteiger partial charge is 0.444 e. The van der Waals surface area contributed by atoms with Gasteiger partial charge in [0.15, 0.2) is 0 Å². The summed E-state index contributed by atoms with van der Waals surface area (Å²) in [5.74, 6) is 1.28. The second kappa shape index (κ2) is 5.95. The molecule has 0 N–H and O–H groups in total. The first kappa shape index (κ1) is 16.0. The zero-order valence-electron chi connectivity index (χ0n) is 13.7. The van der Waals surface area contributed by atoms with Gasteiger partial charge in [0.1, 0.15) is 5.60 Å². The molecule has 0 aromatic rings. The quantitative estimate of drug-likeness (QED) is 0.742. The van der Waals surface area contributed by atoms with Crippen molar-refractivity contribution in [3.63, 3.8) is 0 Å². The lowest BCUT2D eigenvalue weighted by Crippen LogP contribution is -2.50. The first-order valence-corrected chi connectivity index (χ1v) is 9.28. The van der Waals surface area contributed by atoms with Crippen LogP contribution in [0.15, 0.2) is 0 Å². The lowest BCUT2D eigenvalue weighted by molar-refractivity contribution is -0.137. The van der Waals surface area contributed by atoms with E-state index in [1.54, 1.807) is 4.90 Å². The zero-order valence-corrected chi connectivity index (χ0v) is 14.5. The van der Waals surface area contributed by atoms with E-state index in [2.05, 4.69) is 4.90 Å². The normalized spacial score (nSPS) is 31.5. The molecule has 0 radical (unpaired) electrons. The summed E-state index contributed by atoms with van der Waals surface area (Å²) in [6.07, 6.45) is 2.63. The summed E-state index contributed by atoms with van der Waals surface area (Å²) in [5, 5.41) is 0.638. The molecule has 3 aliphatic heterocycles. The molecule has 2 bridgehead atoms. The van der Waals surface area contributed by atoms with Crippen molar-refractivity contribution < 1.29 is 14.3 Å². The van der Waals surface area contributed by atoms with E-state index in [0.717, 1.165) is 31.6 Å². The molecule has 0 aliphatic carbocycles. The molecule has 3 atom stereocenters. The summed E-state index contributed by atoms with van der Waals surface area (Å²) in [7, 11) is 0. The monoisotopic (exact) mass is 326 g/mol. The number of amides is 2.